The predicted molar refractivity (Wildman–Crippen MR) is 210 cm³/mol. The van der Waals surface area contributed by atoms with E-state index in [1.807, 2.05) is 67.1 Å². The number of hydrogen-bond donors (Lipinski definition) is 2. The van der Waals surface area contributed by atoms with Crippen LogP contribution in [0.1, 0.15) is 42.6 Å². The second-order valence-corrected chi connectivity index (χ2v) is 15.3. The number of ether oxygens (including phenoxy) is 1. The number of benzene rings is 4. The lowest BCUT2D eigenvalue weighted by Crippen LogP contribution is -2.32. The summed E-state index contributed by atoms with van der Waals surface area (Å²) in [5, 5.41) is 15.2. The zero-order valence-electron chi connectivity index (χ0n) is 30.9. The summed E-state index contributed by atoms with van der Waals surface area (Å²) in [5.41, 5.74) is 1.93. The van der Waals surface area contributed by atoms with Gasteiger partial charge in [-0.25, -0.2) is 13.1 Å². The summed E-state index contributed by atoms with van der Waals surface area (Å²) in [5.74, 6) is -0.0582. The fourth-order valence-corrected chi connectivity index (χ4v) is 7.52. The van der Waals surface area contributed by atoms with E-state index in [0.29, 0.717) is 43.0 Å². The molecule has 0 saturated heterocycles. The second-order valence-electron chi connectivity index (χ2n) is 12.5. The first-order valence-electron chi connectivity index (χ1n) is 17.3. The van der Waals surface area contributed by atoms with Crippen LogP contribution in [0.25, 0.3) is 11.1 Å². The Morgan fingerprint density at radius 1 is 0.907 bits per heavy atom. The van der Waals surface area contributed by atoms with Gasteiger partial charge in [-0.05, 0) is 73.9 Å². The molecule has 3 amide bonds. The quantitative estimate of drug-likeness (QED) is 0.0671. The molecule has 0 radical (unpaired) electrons. The first kappa shape index (κ1) is 41.3. The van der Waals surface area contributed by atoms with Crippen molar-refractivity contribution in [3.8, 4) is 16.9 Å². The predicted octanol–water partition coefficient (Wildman–Crippen LogP) is 6.24. The number of rotatable bonds is 18. The largest absolute Gasteiger partial charge is 0.496 e. The van der Waals surface area contributed by atoms with Crippen molar-refractivity contribution in [1.82, 2.24) is 14.5 Å². The van der Waals surface area contributed by atoms with E-state index in [4.69, 9.17) is 4.74 Å². The molecule has 0 unspecified atom stereocenters. The Morgan fingerprint density at radius 3 is 2.20 bits per heavy atom. The van der Waals surface area contributed by atoms with E-state index < -0.39 is 37.5 Å². The van der Waals surface area contributed by atoms with Gasteiger partial charge in [-0.2, -0.15) is 0 Å². The third kappa shape index (κ3) is 11.1. The van der Waals surface area contributed by atoms with E-state index >= 15 is 0 Å². The van der Waals surface area contributed by atoms with Crippen LogP contribution in [-0.4, -0.2) is 87.0 Å². The number of amides is 3. The van der Waals surface area contributed by atoms with Crippen LogP contribution in [-0.2, 0) is 26.0 Å². The molecule has 0 aliphatic rings. The SMILES string of the molecule is CCN(CC)C(=O)CCc1ccc(-c2ccc(C(=O)NS(=O)(=O)c3ccc(N[C@@H](CSc4ccccc4)CC(=O)N(C)C)c([N+](=O)[O-])c3)cc2)c(OC)c1. The van der Waals surface area contributed by atoms with Crippen molar-refractivity contribution in [1.29, 1.82) is 0 Å². The van der Waals surface area contributed by atoms with Gasteiger partial charge in [0.15, 0.2) is 0 Å². The molecule has 0 bridgehead atoms. The van der Waals surface area contributed by atoms with Crippen LogP contribution in [0.15, 0.2) is 101 Å². The fourth-order valence-electron chi connectivity index (χ4n) is 5.59. The maximum atomic E-state index is 13.3. The molecule has 4 rings (SSSR count). The van der Waals surface area contributed by atoms with Crippen LogP contribution in [0.2, 0.25) is 0 Å². The zero-order valence-corrected chi connectivity index (χ0v) is 32.5. The van der Waals surface area contributed by atoms with Gasteiger partial charge in [0.25, 0.3) is 21.6 Å². The van der Waals surface area contributed by atoms with Gasteiger partial charge >= 0.3 is 0 Å². The van der Waals surface area contributed by atoms with Gasteiger partial charge in [0.2, 0.25) is 11.8 Å². The Balaban J connectivity index is 1.48. The lowest BCUT2D eigenvalue weighted by Gasteiger charge is -2.21. The zero-order chi connectivity index (χ0) is 39.4. The summed E-state index contributed by atoms with van der Waals surface area (Å²) in [6.45, 7) is 5.20. The average molecular weight is 776 g/mol. The molecule has 13 nitrogen and oxygen atoms in total. The van der Waals surface area contributed by atoms with E-state index in [1.165, 1.54) is 40.9 Å². The van der Waals surface area contributed by atoms with Crippen LogP contribution >= 0.6 is 11.8 Å². The molecular formula is C39H45N5O8S2. The third-order valence-corrected chi connectivity index (χ3v) is 11.1. The first-order valence-corrected chi connectivity index (χ1v) is 19.8. The van der Waals surface area contributed by atoms with Crippen molar-refractivity contribution in [2.45, 2.75) is 48.9 Å². The van der Waals surface area contributed by atoms with Gasteiger partial charge in [-0.15, -0.1) is 11.8 Å². The average Bonchev–Trinajstić information content (AvgIpc) is 3.16. The van der Waals surface area contributed by atoms with Crippen LogP contribution in [0.3, 0.4) is 0 Å². The summed E-state index contributed by atoms with van der Waals surface area (Å²) in [6.07, 6.45) is 0.962. The number of thioether (sulfide) groups is 1. The highest BCUT2D eigenvalue weighted by Gasteiger charge is 2.26. The van der Waals surface area contributed by atoms with E-state index in [0.717, 1.165) is 22.1 Å². The van der Waals surface area contributed by atoms with Gasteiger partial charge in [0.05, 0.1) is 16.9 Å². The Hall–Kier alpha value is -5.41. The van der Waals surface area contributed by atoms with Crippen LogP contribution < -0.4 is 14.8 Å². The molecule has 15 heteroatoms. The standard InChI is InChI=1S/C39H45N5O8S2/c1-6-43(7-2)37(45)22-14-27-13-20-33(36(23-27)52-5)28-15-17-29(18-16-28)39(47)41-54(50,51)32-19-21-34(35(25-32)44(48)49)40-30(24-38(46)42(3)4)26-53-31-11-9-8-10-12-31/h8-13,15-21,23,25,30,40H,6-7,14,22,24,26H2,1-5H3,(H,41,47)/t30-/m1/s1. The number of methoxy groups -OCH3 is 1. The molecule has 0 fully saturated rings. The van der Waals surface area contributed by atoms with E-state index in [1.54, 1.807) is 38.2 Å². The summed E-state index contributed by atoms with van der Waals surface area (Å²) >= 11 is 1.47. The van der Waals surface area contributed by atoms with Crippen molar-refractivity contribution in [3.05, 3.63) is 112 Å². The summed E-state index contributed by atoms with van der Waals surface area (Å²) in [4.78, 5) is 53.3. The Labute approximate surface area is 320 Å². The van der Waals surface area contributed by atoms with Gasteiger partial charge in [0, 0.05) is 73.9 Å². The number of hydrogen-bond acceptors (Lipinski definition) is 10. The highest BCUT2D eigenvalue weighted by atomic mass is 32.2. The summed E-state index contributed by atoms with van der Waals surface area (Å²) in [6, 6.07) is 24.1. The summed E-state index contributed by atoms with van der Waals surface area (Å²) in [7, 11) is 0.247. The maximum absolute atomic E-state index is 13.3. The lowest BCUT2D eigenvalue weighted by molar-refractivity contribution is -0.384. The molecule has 4 aromatic carbocycles. The molecule has 0 heterocycles. The van der Waals surface area contributed by atoms with E-state index in [9.17, 15) is 32.9 Å². The number of nitrogens with one attached hydrogen (secondary N) is 2. The van der Waals surface area contributed by atoms with Gasteiger partial charge in [-0.1, -0.05) is 42.5 Å². The molecule has 54 heavy (non-hydrogen) atoms. The molecule has 1 atom stereocenters. The molecule has 0 saturated carbocycles. The van der Waals surface area contributed by atoms with Crippen molar-refractivity contribution >= 4 is 50.9 Å². The first-order chi connectivity index (χ1) is 25.8. The Morgan fingerprint density at radius 2 is 1.59 bits per heavy atom. The lowest BCUT2D eigenvalue weighted by atomic mass is 9.99. The summed E-state index contributed by atoms with van der Waals surface area (Å²) < 4.78 is 34.2. The molecule has 286 valence electrons. The van der Waals surface area contributed by atoms with Gasteiger partial charge < -0.3 is 19.9 Å². The molecular weight excluding hydrogens is 731 g/mol. The number of carbonyl (C=O) groups is 3. The number of nitro groups is 1. The molecule has 4 aromatic rings. The molecule has 0 aromatic heterocycles. The fraction of sp³-hybridized carbons (Fsp3) is 0.308. The normalized spacial score (nSPS) is 11.6. The molecule has 0 spiro atoms. The van der Waals surface area contributed by atoms with E-state index in [-0.39, 0.29) is 29.5 Å². The van der Waals surface area contributed by atoms with Gasteiger partial charge in [0.1, 0.15) is 11.4 Å². The molecule has 0 aliphatic heterocycles. The number of nitro benzene ring substituents is 1. The van der Waals surface area contributed by atoms with Crippen LogP contribution in [0.5, 0.6) is 5.75 Å². The molecule has 0 aliphatic carbocycles. The number of carbonyl (C=O) groups excluding carboxylic acids is 3. The van der Waals surface area contributed by atoms with Crippen LogP contribution in [0.4, 0.5) is 11.4 Å². The smallest absolute Gasteiger partial charge is 0.293 e. The number of aryl methyl sites for hydroxylation is 1. The monoisotopic (exact) mass is 775 g/mol. The van der Waals surface area contributed by atoms with Crippen molar-refractivity contribution in [2.24, 2.45) is 0 Å². The van der Waals surface area contributed by atoms with Crippen LogP contribution in [0, 0.1) is 10.1 Å². The Bertz CT molecular complexity index is 2060. The molecule has 2 N–H and O–H groups in total. The highest BCUT2D eigenvalue weighted by Crippen LogP contribution is 2.33. The minimum Gasteiger partial charge on any atom is -0.496 e. The van der Waals surface area contributed by atoms with Gasteiger partial charge in [-0.3, -0.25) is 24.5 Å². The minimum atomic E-state index is -4.53. The number of nitrogens with zero attached hydrogens (tertiary/aromatic N) is 3. The number of sulfonamides is 1. The van der Waals surface area contributed by atoms with E-state index in [2.05, 4.69) is 5.32 Å². The number of anilines is 1. The Kier molecular flexibility index (Phi) is 14.6. The third-order valence-electron chi connectivity index (χ3n) is 8.64. The minimum absolute atomic E-state index is 0.0302. The van der Waals surface area contributed by atoms with Crippen molar-refractivity contribution in [2.75, 3.05) is 45.4 Å². The maximum Gasteiger partial charge on any atom is 0.293 e. The topological polar surface area (TPSA) is 168 Å². The van der Waals surface area contributed by atoms with Crippen molar-refractivity contribution in [3.63, 3.8) is 0 Å². The van der Waals surface area contributed by atoms with Crippen molar-refractivity contribution < 1.29 is 32.5 Å². The second kappa shape index (κ2) is 19.1. The highest BCUT2D eigenvalue weighted by molar-refractivity contribution is 7.99.